The van der Waals surface area contributed by atoms with E-state index in [1.54, 1.807) is 31.3 Å². The van der Waals surface area contributed by atoms with E-state index in [1.165, 1.54) is 11.1 Å². The normalized spacial score (nSPS) is 13.8. The Labute approximate surface area is 435 Å². The van der Waals surface area contributed by atoms with E-state index >= 15 is 0 Å². The number of thioether (sulfide) groups is 1. The molecule has 7 rings (SSSR count). The lowest BCUT2D eigenvalue weighted by atomic mass is 10.0. The number of nitrogens with zero attached hydrogens (tertiary/aromatic N) is 4. The van der Waals surface area contributed by atoms with Crippen molar-refractivity contribution in [3.63, 3.8) is 0 Å². The van der Waals surface area contributed by atoms with Gasteiger partial charge in [0.25, 0.3) is 0 Å². The van der Waals surface area contributed by atoms with Crippen molar-refractivity contribution in [2.24, 2.45) is 11.6 Å². The van der Waals surface area contributed by atoms with Crippen LogP contribution in [0.1, 0.15) is 73.3 Å². The second kappa shape index (κ2) is 24.6. The van der Waals surface area contributed by atoms with Crippen molar-refractivity contribution >= 4 is 57.6 Å². The molecule has 0 atom stereocenters. The van der Waals surface area contributed by atoms with Crippen molar-refractivity contribution in [1.82, 2.24) is 14.4 Å². The quantitative estimate of drug-likeness (QED) is 0.00756. The zero-order chi connectivity index (χ0) is 53.0. The van der Waals surface area contributed by atoms with E-state index in [1.807, 2.05) is 105 Å². The highest BCUT2D eigenvalue weighted by Gasteiger charge is 2.35. The lowest BCUT2D eigenvalue weighted by Crippen LogP contribution is -2.34. The number of hydrogen-bond acceptors (Lipinski definition) is 17. The predicted octanol–water partition coefficient (Wildman–Crippen LogP) is 9.40. The summed E-state index contributed by atoms with van der Waals surface area (Å²) in [6, 6.07) is 25.5. The molecule has 0 saturated carbocycles. The Bertz CT molecular complexity index is 3090. The molecule has 17 nitrogen and oxygen atoms in total. The van der Waals surface area contributed by atoms with Gasteiger partial charge >= 0.3 is 11.6 Å². The van der Waals surface area contributed by atoms with E-state index in [9.17, 15) is 19.5 Å². The number of rotatable bonds is 26. The maximum absolute atomic E-state index is 13.3. The smallest absolute Gasteiger partial charge is 0.345 e. The van der Waals surface area contributed by atoms with Gasteiger partial charge in [0.1, 0.15) is 34.8 Å². The van der Waals surface area contributed by atoms with Crippen LogP contribution in [0.4, 0.5) is 11.4 Å². The molecule has 6 N–H and O–H groups in total. The van der Waals surface area contributed by atoms with Crippen LogP contribution < -0.4 is 36.9 Å². The minimum Gasteiger partial charge on any atom is -0.504 e. The van der Waals surface area contributed by atoms with Gasteiger partial charge in [0.05, 0.1) is 59.8 Å². The highest BCUT2D eigenvalue weighted by Crippen LogP contribution is 2.41. The molecule has 0 bridgehead atoms. The van der Waals surface area contributed by atoms with Crippen LogP contribution in [-0.2, 0) is 23.8 Å². The summed E-state index contributed by atoms with van der Waals surface area (Å²) in [4.78, 5) is 46.6. The van der Waals surface area contributed by atoms with Gasteiger partial charge in [-0.25, -0.2) is 20.4 Å². The first-order valence-electron chi connectivity index (χ1n) is 24.8. The van der Waals surface area contributed by atoms with E-state index in [0.29, 0.717) is 87.7 Å². The molecule has 3 aromatic carbocycles. The minimum absolute atomic E-state index is 0.0716. The van der Waals surface area contributed by atoms with Gasteiger partial charge in [-0.05, 0) is 108 Å². The van der Waals surface area contributed by atoms with Crippen molar-refractivity contribution in [3.05, 3.63) is 141 Å². The van der Waals surface area contributed by atoms with Crippen LogP contribution in [0.25, 0.3) is 33.9 Å². The Morgan fingerprint density at radius 2 is 1.73 bits per heavy atom. The minimum atomic E-state index is -0.707. The number of hydrogen-bond donors (Lipinski definition) is 4. The molecule has 0 unspecified atom stereocenters. The number of nitrogens with one attached hydrogen (secondary N) is 1. The Morgan fingerprint density at radius 3 is 2.47 bits per heavy atom. The molecule has 18 heteroatoms. The van der Waals surface area contributed by atoms with E-state index in [4.69, 9.17) is 44.7 Å². The number of ether oxygens (including phenoxy) is 5. The number of carbonyl (C=O) groups excluding carboxylic acids is 2. The first-order chi connectivity index (χ1) is 35.4. The third-order valence-corrected chi connectivity index (χ3v) is 12.9. The van der Waals surface area contributed by atoms with E-state index < -0.39 is 28.6 Å². The average molecular weight is 1030 g/mol. The summed E-state index contributed by atoms with van der Waals surface area (Å²) in [5, 5.41) is 16.5. The van der Waals surface area contributed by atoms with Crippen molar-refractivity contribution in [3.8, 4) is 28.5 Å². The summed E-state index contributed by atoms with van der Waals surface area (Å²) in [5.41, 5.74) is 9.59. The third kappa shape index (κ3) is 14.5. The molecule has 0 fully saturated rings. The molecular weight excluding hydrogens is 963 g/mol. The van der Waals surface area contributed by atoms with Gasteiger partial charge in [0.15, 0.2) is 11.5 Å². The maximum atomic E-state index is 13.3. The molecule has 3 aromatic heterocycles. The SMILES string of the molecule is CCCN(CC)c1ccc2cc(-c3cn4ccc(OC(C)(C)CCOC(C)(C)C/C(N)=C/N(N)CCOCCOc5ccc(/C=C6\SC(Nc7ccccc7)=C(C(=O)OCC)C6=O)cc5O)cc4n3)c(=O)oc2c1. The number of allylic oxidation sites excluding steroid dienone is 1. The second-order valence-electron chi connectivity index (χ2n) is 18.9. The van der Waals surface area contributed by atoms with Crippen molar-refractivity contribution in [2.75, 3.05) is 62.9 Å². The summed E-state index contributed by atoms with van der Waals surface area (Å²) < 4.78 is 37.0. The lowest BCUT2D eigenvalue weighted by Gasteiger charge is -2.30. The number of aromatic hydroxyl groups is 1. The number of benzene rings is 3. The number of imidazole rings is 1. The molecule has 6 aromatic rings. The first kappa shape index (κ1) is 54.5. The van der Waals surface area contributed by atoms with Gasteiger partial charge in [-0.1, -0.05) is 43.0 Å². The number of phenols is 1. The average Bonchev–Trinajstić information content (AvgIpc) is 3.90. The van der Waals surface area contributed by atoms with Crippen LogP contribution in [0, 0.1) is 0 Å². The molecule has 0 spiro atoms. The topological polar surface area (TPSA) is 219 Å². The van der Waals surface area contributed by atoms with Crippen molar-refractivity contribution in [2.45, 2.75) is 78.9 Å². The fourth-order valence-electron chi connectivity index (χ4n) is 8.22. The van der Waals surface area contributed by atoms with E-state index in [0.717, 1.165) is 42.3 Å². The fraction of sp³-hybridized carbons (Fsp3) is 0.357. The monoisotopic (exact) mass is 1030 g/mol. The second-order valence-corrected chi connectivity index (χ2v) is 19.9. The molecule has 74 heavy (non-hydrogen) atoms. The number of phenolic OH excluding ortho intramolecular Hbond substituents is 1. The van der Waals surface area contributed by atoms with Crippen molar-refractivity contribution < 1.29 is 42.8 Å². The van der Waals surface area contributed by atoms with E-state index in [2.05, 4.69) is 30.1 Å². The number of aromatic nitrogens is 2. The molecular formula is C56H67N7O10S. The first-order valence-corrected chi connectivity index (χ1v) is 25.6. The Hall–Kier alpha value is -7.25. The zero-order valence-electron chi connectivity index (χ0n) is 43.1. The number of esters is 1. The standard InChI is InChI=1S/C56H67N7O10S/c1-8-22-61(9-2)41-18-17-38-31-43(53(66)72-47(38)32-41)44-36-62-23-20-42(33-49(62)60-44)73-55(4,5)21-25-71-56(6,7)34-39(57)35-63(58)24-26-68-27-28-70-46-19-16-37(29-45(46)64)30-48-51(65)50(54(67)69-10-3)52(74-48)59-40-14-12-11-13-15-40/h11-20,23,29-33,35-36,59,64H,8-10,21-22,24-28,34,57-58H2,1-7H3/b39-35-,48-30-. The molecule has 392 valence electrons. The summed E-state index contributed by atoms with van der Waals surface area (Å²) in [5.74, 6) is 5.80. The Morgan fingerprint density at radius 1 is 0.932 bits per heavy atom. The number of para-hydroxylation sites is 1. The van der Waals surface area contributed by atoms with Gasteiger partial charge in [0, 0.05) is 79.1 Å². The molecule has 0 aliphatic carbocycles. The highest BCUT2D eigenvalue weighted by atomic mass is 32.2. The number of nitrogens with two attached hydrogens (primary N) is 2. The van der Waals surface area contributed by atoms with Crippen LogP contribution in [0.3, 0.4) is 0 Å². The van der Waals surface area contributed by atoms with E-state index in [-0.39, 0.29) is 36.9 Å². The van der Waals surface area contributed by atoms with Crippen LogP contribution in [0.15, 0.2) is 134 Å². The fourth-order valence-corrected chi connectivity index (χ4v) is 9.28. The summed E-state index contributed by atoms with van der Waals surface area (Å²) in [7, 11) is 0. The number of fused-ring (bicyclic) bond motifs is 2. The maximum Gasteiger partial charge on any atom is 0.345 e. The number of hydrazine groups is 1. The largest absolute Gasteiger partial charge is 0.504 e. The lowest BCUT2D eigenvalue weighted by molar-refractivity contribution is -0.139. The third-order valence-electron chi connectivity index (χ3n) is 11.9. The van der Waals surface area contributed by atoms with Gasteiger partial charge < -0.3 is 58.6 Å². The van der Waals surface area contributed by atoms with Gasteiger partial charge in [-0.3, -0.25) is 4.79 Å². The predicted molar refractivity (Wildman–Crippen MR) is 291 cm³/mol. The summed E-state index contributed by atoms with van der Waals surface area (Å²) in [6.45, 7) is 17.2. The number of pyridine rings is 1. The number of ketones is 1. The Balaban J connectivity index is 0.817. The van der Waals surface area contributed by atoms with Crippen LogP contribution >= 0.6 is 11.8 Å². The molecule has 0 amide bonds. The van der Waals surface area contributed by atoms with Crippen molar-refractivity contribution in [1.29, 1.82) is 0 Å². The van der Waals surface area contributed by atoms with Gasteiger partial charge in [-0.2, -0.15) is 0 Å². The summed E-state index contributed by atoms with van der Waals surface area (Å²) >= 11 is 1.12. The zero-order valence-corrected chi connectivity index (χ0v) is 44.0. The number of Topliss-reactive ketones (excluding diaryl/α,β-unsaturated/α-hetero) is 1. The Kier molecular flexibility index (Phi) is 18.2. The summed E-state index contributed by atoms with van der Waals surface area (Å²) in [6.07, 6.45) is 8.96. The molecule has 4 heterocycles. The molecule has 0 radical (unpaired) electrons. The number of anilines is 2. The van der Waals surface area contributed by atoms with Gasteiger partial charge in [0.2, 0.25) is 5.78 Å². The van der Waals surface area contributed by atoms with Crippen LogP contribution in [0.5, 0.6) is 17.2 Å². The number of carbonyl (C=O) groups is 2. The molecule has 1 aliphatic rings. The molecule has 0 saturated heterocycles. The highest BCUT2D eigenvalue weighted by molar-refractivity contribution is 8.08. The molecule has 1 aliphatic heterocycles. The van der Waals surface area contributed by atoms with Gasteiger partial charge in [-0.15, -0.1) is 0 Å². The van der Waals surface area contributed by atoms with Crippen LogP contribution in [-0.4, -0.2) is 95.1 Å². The van der Waals surface area contributed by atoms with Crippen LogP contribution in [0.2, 0.25) is 0 Å².